The predicted octanol–water partition coefficient (Wildman–Crippen LogP) is 4.13. The summed E-state index contributed by atoms with van der Waals surface area (Å²) in [5.41, 5.74) is 3.37. The van der Waals surface area contributed by atoms with Crippen molar-refractivity contribution in [2.45, 2.75) is 84.3 Å². The van der Waals surface area contributed by atoms with Crippen LogP contribution in [0, 0.1) is 6.92 Å². The van der Waals surface area contributed by atoms with Gasteiger partial charge in [0.2, 0.25) is 11.9 Å². The number of anilines is 2. The van der Waals surface area contributed by atoms with Gasteiger partial charge in [-0.1, -0.05) is 50.5 Å². The van der Waals surface area contributed by atoms with Crippen LogP contribution in [-0.2, 0) is 17.9 Å². The molecule has 1 aliphatic rings. The number of nitrogens with zero attached hydrogens (tertiary/aromatic N) is 2. The van der Waals surface area contributed by atoms with Crippen molar-refractivity contribution in [1.29, 1.82) is 0 Å². The average Bonchev–Trinajstić information content (AvgIpc) is 2.89. The molecule has 36 heavy (non-hydrogen) atoms. The number of amides is 1. The monoisotopic (exact) mass is 495 g/mol. The first-order valence-electron chi connectivity index (χ1n) is 13.7. The molecular weight excluding hydrogens is 450 g/mol. The van der Waals surface area contributed by atoms with E-state index in [1.54, 1.807) is 0 Å². The summed E-state index contributed by atoms with van der Waals surface area (Å²) < 4.78 is 0. The van der Waals surface area contributed by atoms with E-state index in [-0.39, 0.29) is 5.91 Å². The van der Waals surface area contributed by atoms with Gasteiger partial charge in [0.25, 0.3) is 0 Å². The number of rotatable bonds is 16. The molecule has 0 saturated heterocycles. The van der Waals surface area contributed by atoms with Crippen LogP contribution in [0.5, 0.6) is 0 Å². The van der Waals surface area contributed by atoms with Gasteiger partial charge in [0.15, 0.2) is 0 Å². The van der Waals surface area contributed by atoms with Gasteiger partial charge in [0, 0.05) is 50.4 Å². The Bertz CT molecular complexity index is 897. The van der Waals surface area contributed by atoms with Crippen molar-refractivity contribution in [3.05, 3.63) is 47.2 Å². The fourth-order valence-corrected chi connectivity index (χ4v) is 4.46. The summed E-state index contributed by atoms with van der Waals surface area (Å²) in [6.07, 6.45) is 9.48. The minimum Gasteiger partial charge on any atom is -0.368 e. The van der Waals surface area contributed by atoms with Crippen LogP contribution in [0.4, 0.5) is 11.8 Å². The molecule has 2 aromatic rings. The highest BCUT2D eigenvalue weighted by atomic mass is 16.1. The number of aromatic nitrogens is 2. The van der Waals surface area contributed by atoms with Gasteiger partial charge in [-0.05, 0) is 56.8 Å². The Labute approximate surface area is 216 Å². The van der Waals surface area contributed by atoms with Gasteiger partial charge in [-0.2, -0.15) is 4.98 Å². The lowest BCUT2D eigenvalue weighted by atomic mass is 9.95. The van der Waals surface area contributed by atoms with E-state index in [0.29, 0.717) is 32.0 Å². The number of carbonyl (C=O) groups is 1. The van der Waals surface area contributed by atoms with E-state index in [9.17, 15) is 4.79 Å². The Morgan fingerprint density at radius 3 is 2.42 bits per heavy atom. The van der Waals surface area contributed by atoms with E-state index in [1.165, 1.54) is 49.7 Å². The van der Waals surface area contributed by atoms with Crippen molar-refractivity contribution in [3.63, 3.8) is 0 Å². The van der Waals surface area contributed by atoms with Crippen LogP contribution in [0.2, 0.25) is 0 Å². The smallest absolute Gasteiger partial charge is 0.225 e. The van der Waals surface area contributed by atoms with Crippen LogP contribution in [0.3, 0.4) is 0 Å². The number of hydrogen-bond donors (Lipinski definition) is 5. The van der Waals surface area contributed by atoms with Gasteiger partial charge in [-0.3, -0.25) is 4.79 Å². The van der Waals surface area contributed by atoms with Crippen molar-refractivity contribution >= 4 is 17.7 Å². The molecule has 8 nitrogen and oxygen atoms in total. The molecule has 1 aliphatic carbocycles. The molecular formula is C28H45N7O. The number of aryl methyl sites for hydroxylation is 1. The fourth-order valence-electron chi connectivity index (χ4n) is 4.46. The molecule has 1 fully saturated rings. The van der Waals surface area contributed by atoms with E-state index in [2.05, 4.69) is 60.8 Å². The fraction of sp³-hybridized carbons (Fsp3) is 0.607. The summed E-state index contributed by atoms with van der Waals surface area (Å²) in [5, 5.41) is 16.8. The summed E-state index contributed by atoms with van der Waals surface area (Å²) in [5.74, 6) is 1.44. The molecule has 8 heteroatoms. The topological polar surface area (TPSA) is 103 Å². The van der Waals surface area contributed by atoms with E-state index < -0.39 is 0 Å². The third-order valence-corrected chi connectivity index (χ3v) is 6.46. The summed E-state index contributed by atoms with van der Waals surface area (Å²) in [6, 6.07) is 11.3. The van der Waals surface area contributed by atoms with Crippen LogP contribution < -0.4 is 26.6 Å². The Hall–Kier alpha value is -2.71. The highest BCUT2D eigenvalue weighted by Gasteiger charge is 2.11. The van der Waals surface area contributed by atoms with Crippen LogP contribution in [0.15, 0.2) is 30.3 Å². The highest BCUT2D eigenvalue weighted by Crippen LogP contribution is 2.17. The lowest BCUT2D eigenvalue weighted by Crippen LogP contribution is -2.33. The van der Waals surface area contributed by atoms with Crippen molar-refractivity contribution in [1.82, 2.24) is 25.9 Å². The van der Waals surface area contributed by atoms with Crippen molar-refractivity contribution in [2.75, 3.05) is 36.8 Å². The minimum absolute atomic E-state index is 0.0875. The standard InChI is InChI=1S/C28H45N7O/c1-3-8-27(36)32-18-17-31-26-19-22(2)34-28(35-26)33-21-24-13-11-23(12-14-24)20-29-15-7-16-30-25-9-5-4-6-10-25/h11-14,19,25,29-30H,3-10,15-18,20-21H2,1-2H3,(H,32,36)(H2,31,33,34,35). The van der Waals surface area contributed by atoms with Crippen molar-refractivity contribution in [3.8, 4) is 0 Å². The SMILES string of the molecule is CCCC(=O)NCCNc1cc(C)nc(NCc2ccc(CNCCCNC3CCCCC3)cc2)n1. The first-order chi connectivity index (χ1) is 17.6. The van der Waals surface area contributed by atoms with E-state index in [1.807, 2.05) is 19.9 Å². The second-order valence-electron chi connectivity index (χ2n) is 9.73. The van der Waals surface area contributed by atoms with Crippen LogP contribution >= 0.6 is 0 Å². The van der Waals surface area contributed by atoms with Crippen LogP contribution in [0.25, 0.3) is 0 Å². The molecule has 0 spiro atoms. The highest BCUT2D eigenvalue weighted by molar-refractivity contribution is 5.75. The number of carbonyl (C=O) groups excluding carboxylic acids is 1. The maximum Gasteiger partial charge on any atom is 0.225 e. The van der Waals surface area contributed by atoms with Crippen LogP contribution in [0.1, 0.15) is 75.1 Å². The Balaban J connectivity index is 1.32. The Morgan fingerprint density at radius 2 is 1.67 bits per heavy atom. The zero-order valence-corrected chi connectivity index (χ0v) is 22.2. The predicted molar refractivity (Wildman–Crippen MR) is 148 cm³/mol. The molecule has 1 aromatic carbocycles. The van der Waals surface area contributed by atoms with Crippen molar-refractivity contribution in [2.24, 2.45) is 0 Å². The molecule has 3 rings (SSSR count). The summed E-state index contributed by atoms with van der Waals surface area (Å²) in [4.78, 5) is 20.6. The Kier molecular flexibility index (Phi) is 12.5. The average molecular weight is 496 g/mol. The van der Waals surface area contributed by atoms with Gasteiger partial charge in [-0.15, -0.1) is 0 Å². The number of hydrogen-bond acceptors (Lipinski definition) is 7. The molecule has 0 bridgehead atoms. The minimum atomic E-state index is 0.0875. The summed E-state index contributed by atoms with van der Waals surface area (Å²) in [7, 11) is 0. The second-order valence-corrected chi connectivity index (χ2v) is 9.73. The van der Waals surface area contributed by atoms with Gasteiger partial charge >= 0.3 is 0 Å². The van der Waals surface area contributed by atoms with E-state index in [0.717, 1.165) is 43.6 Å². The second kappa shape index (κ2) is 16.1. The van der Waals surface area contributed by atoms with E-state index in [4.69, 9.17) is 0 Å². The maximum atomic E-state index is 11.6. The van der Waals surface area contributed by atoms with Gasteiger partial charge in [0.1, 0.15) is 5.82 Å². The first kappa shape index (κ1) is 27.9. The van der Waals surface area contributed by atoms with Crippen LogP contribution in [-0.4, -0.2) is 48.1 Å². The first-order valence-corrected chi connectivity index (χ1v) is 13.7. The quantitative estimate of drug-likeness (QED) is 0.223. The van der Waals surface area contributed by atoms with Crippen molar-refractivity contribution < 1.29 is 4.79 Å². The van der Waals surface area contributed by atoms with E-state index >= 15 is 0 Å². The molecule has 1 amide bonds. The zero-order chi connectivity index (χ0) is 25.4. The lowest BCUT2D eigenvalue weighted by Gasteiger charge is -2.22. The molecule has 198 valence electrons. The number of nitrogens with one attached hydrogen (secondary N) is 5. The normalized spacial score (nSPS) is 13.9. The van der Waals surface area contributed by atoms with Gasteiger partial charge < -0.3 is 26.6 Å². The Morgan fingerprint density at radius 1 is 0.917 bits per heavy atom. The zero-order valence-electron chi connectivity index (χ0n) is 22.2. The lowest BCUT2D eigenvalue weighted by molar-refractivity contribution is -0.121. The summed E-state index contributed by atoms with van der Waals surface area (Å²) >= 11 is 0. The maximum absolute atomic E-state index is 11.6. The molecule has 1 saturated carbocycles. The molecule has 0 atom stereocenters. The molecule has 0 radical (unpaired) electrons. The number of benzene rings is 1. The van der Waals surface area contributed by atoms with Gasteiger partial charge in [0.05, 0.1) is 0 Å². The molecule has 1 heterocycles. The molecule has 0 aliphatic heterocycles. The third-order valence-electron chi connectivity index (χ3n) is 6.46. The largest absolute Gasteiger partial charge is 0.368 e. The molecule has 1 aromatic heterocycles. The third kappa shape index (κ3) is 10.9. The molecule has 0 unspecified atom stereocenters. The van der Waals surface area contributed by atoms with Gasteiger partial charge in [-0.25, -0.2) is 4.98 Å². The molecule has 5 N–H and O–H groups in total. The summed E-state index contributed by atoms with van der Waals surface area (Å²) in [6.45, 7) is 8.85.